The second-order valence-electron chi connectivity index (χ2n) is 5.57. The van der Waals surface area contributed by atoms with Gasteiger partial charge >= 0.3 is 0 Å². The molecule has 0 fully saturated rings. The molecule has 0 aliphatic carbocycles. The minimum atomic E-state index is -0.194. The highest BCUT2D eigenvalue weighted by atomic mass is 32.2. The molecule has 0 unspecified atom stereocenters. The van der Waals surface area contributed by atoms with Gasteiger partial charge in [-0.25, -0.2) is 4.98 Å². The van der Waals surface area contributed by atoms with Crippen molar-refractivity contribution in [3.8, 4) is 22.9 Å². The molecule has 0 amide bonds. The third-order valence-corrected chi connectivity index (χ3v) is 5.55. The lowest BCUT2D eigenvalue weighted by atomic mass is 10.2. The zero-order valence-electron chi connectivity index (χ0n) is 13.6. The number of thioether (sulfide) groups is 1. The van der Waals surface area contributed by atoms with Crippen LogP contribution in [-0.4, -0.2) is 25.1 Å². The third kappa shape index (κ3) is 2.98. The van der Waals surface area contributed by atoms with Crippen LogP contribution in [0.15, 0.2) is 61.0 Å². The maximum absolute atomic E-state index is 12.6. The van der Waals surface area contributed by atoms with Gasteiger partial charge in [0.2, 0.25) is 0 Å². The summed E-state index contributed by atoms with van der Waals surface area (Å²) in [6.07, 6.45) is 3.37. The van der Waals surface area contributed by atoms with E-state index in [1.165, 1.54) is 23.1 Å². The number of hydrogen-bond acceptors (Lipinski definition) is 8. The molecule has 134 valence electrons. The summed E-state index contributed by atoms with van der Waals surface area (Å²) in [7, 11) is 0. The third-order valence-electron chi connectivity index (χ3n) is 3.85. The van der Waals surface area contributed by atoms with Gasteiger partial charge in [0.05, 0.1) is 17.4 Å². The first-order chi connectivity index (χ1) is 13.3. The normalized spacial score (nSPS) is 11.4. The minimum absolute atomic E-state index is 0.194. The average Bonchev–Trinajstić information content (AvgIpc) is 3.47. The van der Waals surface area contributed by atoms with Gasteiger partial charge in [-0.05, 0) is 24.3 Å². The van der Waals surface area contributed by atoms with Gasteiger partial charge in [0.1, 0.15) is 22.1 Å². The largest absolute Gasteiger partial charge is 0.464 e. The van der Waals surface area contributed by atoms with Crippen molar-refractivity contribution in [1.29, 1.82) is 0 Å². The van der Waals surface area contributed by atoms with Crippen molar-refractivity contribution in [2.45, 2.75) is 11.0 Å². The first-order valence-electron chi connectivity index (χ1n) is 7.92. The second kappa shape index (κ2) is 6.56. The Balaban J connectivity index is 1.39. The molecule has 0 saturated heterocycles. The van der Waals surface area contributed by atoms with Crippen LogP contribution in [0.5, 0.6) is 0 Å². The Labute approximate surface area is 159 Å². The maximum Gasteiger partial charge on any atom is 0.277 e. The molecule has 5 rings (SSSR count). The van der Waals surface area contributed by atoms with Gasteiger partial charge in [-0.15, -0.1) is 21.5 Å². The summed E-state index contributed by atoms with van der Waals surface area (Å²) in [6.45, 7) is 0. The van der Waals surface area contributed by atoms with E-state index < -0.39 is 0 Å². The van der Waals surface area contributed by atoms with E-state index >= 15 is 0 Å². The maximum atomic E-state index is 12.6. The molecule has 0 radical (unpaired) electrons. The van der Waals surface area contributed by atoms with Crippen LogP contribution < -0.4 is 5.56 Å². The molecule has 5 aromatic heterocycles. The van der Waals surface area contributed by atoms with Crippen LogP contribution in [0.1, 0.15) is 5.82 Å². The van der Waals surface area contributed by atoms with E-state index in [-0.39, 0.29) is 5.56 Å². The molecule has 10 heteroatoms. The number of fused-ring (bicyclic) bond motifs is 1. The lowest BCUT2D eigenvalue weighted by Gasteiger charge is -1.99. The smallest absolute Gasteiger partial charge is 0.277 e. The zero-order chi connectivity index (χ0) is 18.2. The van der Waals surface area contributed by atoms with Crippen molar-refractivity contribution in [1.82, 2.24) is 25.1 Å². The number of aromatic amines is 2. The molecule has 0 saturated carbocycles. The van der Waals surface area contributed by atoms with E-state index in [4.69, 9.17) is 8.83 Å². The fraction of sp³-hybridized carbons (Fsp3) is 0.0588. The second-order valence-corrected chi connectivity index (χ2v) is 7.35. The molecule has 0 bridgehead atoms. The van der Waals surface area contributed by atoms with Crippen LogP contribution in [-0.2, 0) is 5.75 Å². The predicted octanol–water partition coefficient (Wildman–Crippen LogP) is 3.92. The lowest BCUT2D eigenvalue weighted by Crippen LogP contribution is -2.10. The van der Waals surface area contributed by atoms with Crippen molar-refractivity contribution in [3.05, 3.63) is 58.3 Å². The van der Waals surface area contributed by atoms with Gasteiger partial charge in [0, 0.05) is 17.1 Å². The number of nitrogens with one attached hydrogen (secondary N) is 2. The van der Waals surface area contributed by atoms with Gasteiger partial charge in [-0.2, -0.15) is 0 Å². The molecular formula is C17H11N5O3S2. The summed E-state index contributed by atoms with van der Waals surface area (Å²) in [6, 6.07) is 7.32. The predicted molar refractivity (Wildman–Crippen MR) is 102 cm³/mol. The molecule has 0 aliphatic heterocycles. The standard InChI is InChI=1S/C17H11N5O3S2/c23-14-13-9(11-4-2-6-24-11)7-26-16(13)20-12(19-14)8-27-17-22-21-15(25-17)10-3-1-5-18-10/h1-7,18H,8H2,(H,19,20,23). The van der Waals surface area contributed by atoms with Crippen molar-refractivity contribution in [2.75, 3.05) is 0 Å². The molecule has 27 heavy (non-hydrogen) atoms. The molecule has 0 aliphatic rings. The Morgan fingerprint density at radius 1 is 1.22 bits per heavy atom. The molecule has 5 aromatic rings. The molecular weight excluding hydrogens is 386 g/mol. The van der Waals surface area contributed by atoms with Gasteiger partial charge in [0.25, 0.3) is 16.7 Å². The van der Waals surface area contributed by atoms with Gasteiger partial charge in [0.15, 0.2) is 0 Å². The number of H-pyrrole nitrogens is 2. The Kier molecular flexibility index (Phi) is 3.91. The highest BCUT2D eigenvalue weighted by molar-refractivity contribution is 7.98. The highest BCUT2D eigenvalue weighted by Crippen LogP contribution is 2.31. The number of furan rings is 1. The lowest BCUT2D eigenvalue weighted by molar-refractivity contribution is 0.464. The molecule has 0 atom stereocenters. The fourth-order valence-corrected chi connectivity index (χ4v) is 4.23. The fourth-order valence-electron chi connectivity index (χ4n) is 2.65. The van der Waals surface area contributed by atoms with E-state index in [0.29, 0.717) is 38.7 Å². The van der Waals surface area contributed by atoms with Gasteiger partial charge < -0.3 is 18.8 Å². The summed E-state index contributed by atoms with van der Waals surface area (Å²) >= 11 is 2.72. The first kappa shape index (κ1) is 16.1. The number of nitrogens with zero attached hydrogens (tertiary/aromatic N) is 3. The molecule has 0 aromatic carbocycles. The van der Waals surface area contributed by atoms with Crippen molar-refractivity contribution >= 4 is 33.3 Å². The van der Waals surface area contributed by atoms with Crippen LogP contribution in [0.3, 0.4) is 0 Å². The molecule has 0 spiro atoms. The average molecular weight is 397 g/mol. The Bertz CT molecular complexity index is 1250. The molecule has 5 heterocycles. The summed E-state index contributed by atoms with van der Waals surface area (Å²) in [5, 5.41) is 10.8. The number of rotatable bonds is 5. The summed E-state index contributed by atoms with van der Waals surface area (Å²) in [5.41, 5.74) is 1.31. The minimum Gasteiger partial charge on any atom is -0.464 e. The summed E-state index contributed by atoms with van der Waals surface area (Å²) in [5.74, 6) is 2.02. The topological polar surface area (TPSA) is 114 Å². The van der Waals surface area contributed by atoms with E-state index in [1.807, 2.05) is 23.6 Å². The van der Waals surface area contributed by atoms with Gasteiger partial charge in [-0.3, -0.25) is 4.79 Å². The van der Waals surface area contributed by atoms with Crippen molar-refractivity contribution in [2.24, 2.45) is 0 Å². The van der Waals surface area contributed by atoms with Crippen molar-refractivity contribution in [3.63, 3.8) is 0 Å². The monoisotopic (exact) mass is 397 g/mol. The molecule has 2 N–H and O–H groups in total. The van der Waals surface area contributed by atoms with Crippen LogP contribution in [0.25, 0.3) is 33.1 Å². The van der Waals surface area contributed by atoms with Crippen LogP contribution in [0, 0.1) is 0 Å². The van der Waals surface area contributed by atoms with Crippen LogP contribution in [0.2, 0.25) is 0 Å². The Morgan fingerprint density at radius 3 is 3.00 bits per heavy atom. The number of aromatic nitrogens is 5. The van der Waals surface area contributed by atoms with E-state index in [0.717, 1.165) is 11.3 Å². The van der Waals surface area contributed by atoms with E-state index in [9.17, 15) is 4.79 Å². The van der Waals surface area contributed by atoms with Crippen LogP contribution >= 0.6 is 23.1 Å². The highest BCUT2D eigenvalue weighted by Gasteiger charge is 2.15. The van der Waals surface area contributed by atoms with Crippen LogP contribution in [0.4, 0.5) is 0 Å². The molecule has 8 nitrogen and oxygen atoms in total. The first-order valence-corrected chi connectivity index (χ1v) is 9.79. The quantitative estimate of drug-likeness (QED) is 0.432. The zero-order valence-corrected chi connectivity index (χ0v) is 15.3. The summed E-state index contributed by atoms with van der Waals surface area (Å²) < 4.78 is 11.0. The Hall–Kier alpha value is -3.11. The summed E-state index contributed by atoms with van der Waals surface area (Å²) in [4.78, 5) is 23.6. The van der Waals surface area contributed by atoms with E-state index in [2.05, 4.69) is 25.1 Å². The van der Waals surface area contributed by atoms with Crippen molar-refractivity contribution < 1.29 is 8.83 Å². The van der Waals surface area contributed by atoms with E-state index in [1.54, 1.807) is 18.5 Å². The SMILES string of the molecule is O=c1[nH]c(CSc2nnc(-c3ccc[nH]3)o2)nc2scc(-c3ccco3)c12. The Morgan fingerprint density at radius 2 is 2.19 bits per heavy atom. The number of hydrogen-bond donors (Lipinski definition) is 2. The van der Waals surface area contributed by atoms with Gasteiger partial charge in [-0.1, -0.05) is 11.8 Å². The number of thiophene rings is 1.